The normalized spacial score (nSPS) is 43.5. The Kier molecular flexibility index (Phi) is 18.4. The van der Waals surface area contributed by atoms with Gasteiger partial charge in [0.15, 0.2) is 12.6 Å². The first kappa shape index (κ1) is 52.3. The van der Waals surface area contributed by atoms with Gasteiger partial charge in [-0.05, 0) is 107 Å². The minimum atomic E-state index is -1.83. The number of hydrogen-bond donors (Lipinski definition) is 4. The highest BCUT2D eigenvalue weighted by Gasteiger charge is 2.54. The minimum Gasteiger partial charge on any atom is -0.459 e. The molecule has 3 heterocycles. The standard InChI is InChI=1S/C48H80N2O12/c1-15-37-48(11,56)41(53)32(6)50(14)27-28(2)25-47(10,55)42(62-45-39(52)36(49(12)13)24-29(3)58-45)30(4)40(31(5)44(54)60-37)61-38-26-46(9,34(8)51)43(33(7)59-38)57-23-19-22-35-20-17-16-18-21-35/h16-22,28-33,36-43,45,52-53,55-56H,15,23-27H2,1-14H3/b22-19+/t28-,29-,30+,31-,32-,33+,36+,37-,38+,39-,40+,41-,42-,43+,45+,46+,47-,48-/m1/s1. The number of nitrogens with zero attached hydrogens (tertiary/aromatic N) is 2. The fourth-order valence-electron chi connectivity index (χ4n) is 10.1. The van der Waals surface area contributed by atoms with Crippen molar-refractivity contribution in [2.45, 2.75) is 187 Å². The van der Waals surface area contributed by atoms with Gasteiger partial charge >= 0.3 is 5.97 Å². The van der Waals surface area contributed by atoms with Crippen molar-refractivity contribution >= 4 is 17.8 Å². The average molecular weight is 877 g/mol. The average Bonchev–Trinajstić information content (AvgIpc) is 3.19. The van der Waals surface area contributed by atoms with Gasteiger partial charge in [-0.1, -0.05) is 63.3 Å². The minimum absolute atomic E-state index is 0.0961. The van der Waals surface area contributed by atoms with Crippen LogP contribution in [-0.4, -0.2) is 161 Å². The third-order valence-electron chi connectivity index (χ3n) is 14.0. The van der Waals surface area contributed by atoms with Gasteiger partial charge < -0.3 is 58.6 Å². The number of ketones is 1. The summed E-state index contributed by atoms with van der Waals surface area (Å²) in [4.78, 5) is 31.9. The molecule has 3 aliphatic rings. The maximum Gasteiger partial charge on any atom is 0.311 e. The molecule has 18 atom stereocenters. The Hall–Kier alpha value is -2.34. The number of aliphatic hydroxyl groups is 4. The summed E-state index contributed by atoms with van der Waals surface area (Å²) in [5, 5.41) is 47.9. The lowest BCUT2D eigenvalue weighted by Crippen LogP contribution is -2.60. The number of esters is 1. The molecule has 0 aliphatic carbocycles. The molecule has 0 radical (unpaired) electrons. The van der Waals surface area contributed by atoms with E-state index in [1.165, 1.54) is 13.8 Å². The summed E-state index contributed by atoms with van der Waals surface area (Å²) in [6.45, 7) is 20.0. The van der Waals surface area contributed by atoms with Gasteiger partial charge in [-0.25, -0.2) is 0 Å². The van der Waals surface area contributed by atoms with Crippen molar-refractivity contribution in [3.63, 3.8) is 0 Å². The van der Waals surface area contributed by atoms with Crippen LogP contribution in [0.5, 0.6) is 0 Å². The van der Waals surface area contributed by atoms with Crippen LogP contribution in [0.4, 0.5) is 0 Å². The number of carbonyl (C=O) groups is 2. The van der Waals surface area contributed by atoms with Gasteiger partial charge in [0.1, 0.15) is 29.7 Å². The predicted octanol–water partition coefficient (Wildman–Crippen LogP) is 4.83. The molecule has 4 N–H and O–H groups in total. The fourth-order valence-corrected chi connectivity index (χ4v) is 10.1. The number of rotatable bonds is 11. The van der Waals surface area contributed by atoms with Crippen molar-refractivity contribution in [1.82, 2.24) is 9.80 Å². The van der Waals surface area contributed by atoms with Crippen molar-refractivity contribution < 1.29 is 58.4 Å². The van der Waals surface area contributed by atoms with Crippen molar-refractivity contribution in [2.24, 2.45) is 23.2 Å². The van der Waals surface area contributed by atoms with Crippen molar-refractivity contribution in [2.75, 3.05) is 34.3 Å². The molecule has 62 heavy (non-hydrogen) atoms. The highest BCUT2D eigenvalue weighted by molar-refractivity contribution is 5.83. The second-order valence-electron chi connectivity index (χ2n) is 19.7. The number of likely N-dealkylation sites (N-methyl/N-ethyl adjacent to an activating group) is 2. The molecule has 1 aromatic carbocycles. The molecule has 3 aliphatic heterocycles. The van der Waals surface area contributed by atoms with Crippen LogP contribution in [0, 0.1) is 23.2 Å². The smallest absolute Gasteiger partial charge is 0.311 e. The van der Waals surface area contributed by atoms with Gasteiger partial charge in [0.05, 0.1) is 54.1 Å². The summed E-state index contributed by atoms with van der Waals surface area (Å²) in [6, 6.07) is 8.99. The van der Waals surface area contributed by atoms with Crippen molar-refractivity contribution in [3.05, 3.63) is 42.0 Å². The number of Topliss-reactive ketones (excluding diaryl/α,β-unsaturated/α-hetero) is 1. The molecule has 354 valence electrons. The Labute approximate surface area is 371 Å². The summed E-state index contributed by atoms with van der Waals surface area (Å²) in [7, 11) is 5.61. The molecule has 0 amide bonds. The molecule has 14 heteroatoms. The Bertz CT molecular complexity index is 1610. The summed E-state index contributed by atoms with van der Waals surface area (Å²) in [5.74, 6) is -2.83. The first-order valence-electron chi connectivity index (χ1n) is 22.7. The van der Waals surface area contributed by atoms with E-state index >= 15 is 0 Å². The lowest BCUT2D eigenvalue weighted by atomic mass is 9.73. The van der Waals surface area contributed by atoms with Crippen LogP contribution >= 0.6 is 0 Å². The highest BCUT2D eigenvalue weighted by atomic mass is 16.7. The second-order valence-corrected chi connectivity index (χ2v) is 19.7. The van der Waals surface area contributed by atoms with E-state index < -0.39 is 95.8 Å². The van der Waals surface area contributed by atoms with Gasteiger partial charge in [-0.3, -0.25) is 9.59 Å². The first-order valence-corrected chi connectivity index (χ1v) is 22.7. The number of ether oxygens (including phenoxy) is 6. The highest BCUT2D eigenvalue weighted by Crippen LogP contribution is 2.43. The van der Waals surface area contributed by atoms with E-state index in [1.807, 2.05) is 108 Å². The van der Waals surface area contributed by atoms with Crippen LogP contribution in [0.2, 0.25) is 0 Å². The van der Waals surface area contributed by atoms with Gasteiger partial charge in [-0.2, -0.15) is 0 Å². The molecule has 1 aromatic rings. The van der Waals surface area contributed by atoms with Crippen LogP contribution in [-0.2, 0) is 38.0 Å². The SMILES string of the molecule is CC[C@H]1OC(=O)[C@H](C)[C@@H](O[C@H]2C[C@@](C)(C(C)=O)[C@@H](OC/C=C/c3ccccc3)[C@H](C)O2)[C@H](C)[C@@H](O[C@@H]2O[C@H](C)C[C@H](N(C)C)[C@H]2O)[C@](C)(O)C[C@@H](C)CN(C)[C@H](C)[C@@H](O)[C@]1(C)O. The van der Waals surface area contributed by atoms with Gasteiger partial charge in [0, 0.05) is 31.0 Å². The van der Waals surface area contributed by atoms with E-state index in [2.05, 4.69) is 0 Å². The molecule has 4 rings (SSSR count). The molecule has 0 saturated carbocycles. The van der Waals surface area contributed by atoms with Gasteiger partial charge in [0.2, 0.25) is 0 Å². The topological polar surface area (TPSA) is 177 Å². The molecule has 0 bridgehead atoms. The first-order chi connectivity index (χ1) is 28.8. The van der Waals surface area contributed by atoms with Gasteiger partial charge in [-0.15, -0.1) is 0 Å². The second kappa shape index (κ2) is 21.8. The molecule has 14 nitrogen and oxygen atoms in total. The van der Waals surface area contributed by atoms with Crippen molar-refractivity contribution in [3.8, 4) is 0 Å². The maximum atomic E-state index is 14.5. The number of aliphatic hydroxyl groups excluding tert-OH is 2. The van der Waals surface area contributed by atoms with E-state index in [0.29, 0.717) is 13.0 Å². The third kappa shape index (κ3) is 12.3. The van der Waals surface area contributed by atoms with Crippen LogP contribution in [0.25, 0.3) is 6.08 Å². The predicted molar refractivity (Wildman–Crippen MR) is 237 cm³/mol. The van der Waals surface area contributed by atoms with Crippen LogP contribution in [0.15, 0.2) is 36.4 Å². The van der Waals surface area contributed by atoms with Crippen LogP contribution in [0.3, 0.4) is 0 Å². The number of cyclic esters (lactones) is 1. The molecule has 0 aromatic heterocycles. The fraction of sp³-hybridized carbons (Fsp3) is 0.792. The zero-order valence-electron chi connectivity index (χ0n) is 39.9. The number of hydrogen-bond acceptors (Lipinski definition) is 14. The van der Waals surface area contributed by atoms with E-state index in [1.54, 1.807) is 27.7 Å². The molecule has 0 spiro atoms. The largest absolute Gasteiger partial charge is 0.459 e. The summed E-state index contributed by atoms with van der Waals surface area (Å²) < 4.78 is 39.0. The third-order valence-corrected chi connectivity index (χ3v) is 14.0. The maximum absolute atomic E-state index is 14.5. The lowest BCUT2D eigenvalue weighted by Gasteiger charge is -2.49. The van der Waals surface area contributed by atoms with E-state index in [-0.39, 0.29) is 49.7 Å². The molecular formula is C48H80N2O12. The quantitative estimate of drug-likeness (QED) is 0.223. The zero-order valence-corrected chi connectivity index (χ0v) is 39.9. The molecule has 3 saturated heterocycles. The Morgan fingerprint density at radius 3 is 2.21 bits per heavy atom. The number of benzene rings is 1. The summed E-state index contributed by atoms with van der Waals surface area (Å²) in [5.41, 5.74) is -3.45. The van der Waals surface area contributed by atoms with E-state index in [9.17, 15) is 30.0 Å². The monoisotopic (exact) mass is 877 g/mol. The van der Waals surface area contributed by atoms with Gasteiger partial charge in [0.25, 0.3) is 0 Å². The van der Waals surface area contributed by atoms with E-state index in [4.69, 9.17) is 28.4 Å². The van der Waals surface area contributed by atoms with Crippen molar-refractivity contribution in [1.29, 1.82) is 0 Å². The Morgan fingerprint density at radius 2 is 1.61 bits per heavy atom. The Morgan fingerprint density at radius 1 is 0.968 bits per heavy atom. The molecular weight excluding hydrogens is 797 g/mol. The lowest BCUT2D eigenvalue weighted by molar-refractivity contribution is -0.312. The zero-order chi connectivity index (χ0) is 46.5. The van der Waals surface area contributed by atoms with E-state index in [0.717, 1.165) is 5.56 Å². The Balaban J connectivity index is 1.77. The van der Waals surface area contributed by atoms with Crippen LogP contribution in [0.1, 0.15) is 107 Å². The summed E-state index contributed by atoms with van der Waals surface area (Å²) in [6.07, 6.45) is -4.34. The summed E-state index contributed by atoms with van der Waals surface area (Å²) >= 11 is 0. The number of carbonyl (C=O) groups excluding carboxylic acids is 2. The molecule has 0 unspecified atom stereocenters. The molecule has 3 fully saturated rings. The van der Waals surface area contributed by atoms with Crippen LogP contribution < -0.4 is 0 Å².